The maximum Gasteiger partial charge on any atom is 0.265 e. The fraction of sp³-hybridized carbons (Fsp3) is 0.227. The third-order valence-electron chi connectivity index (χ3n) is 4.73. The van der Waals surface area contributed by atoms with Crippen molar-refractivity contribution in [2.24, 2.45) is 0 Å². The smallest absolute Gasteiger partial charge is 0.265 e. The van der Waals surface area contributed by atoms with Crippen molar-refractivity contribution >= 4 is 16.7 Å². The van der Waals surface area contributed by atoms with E-state index in [1.165, 1.54) is 5.39 Å². The lowest BCUT2D eigenvalue weighted by Crippen LogP contribution is -2.49. The molecule has 1 heterocycles. The van der Waals surface area contributed by atoms with E-state index in [1.807, 2.05) is 56.3 Å². The van der Waals surface area contributed by atoms with Gasteiger partial charge in [0.15, 0.2) is 11.5 Å². The first-order chi connectivity index (χ1) is 12.6. The van der Waals surface area contributed by atoms with Gasteiger partial charge in [0.25, 0.3) is 5.91 Å². The molecule has 3 aromatic carbocycles. The summed E-state index contributed by atoms with van der Waals surface area (Å²) in [7, 11) is 0. The summed E-state index contributed by atoms with van der Waals surface area (Å²) in [5, 5.41) is 5.39. The molecule has 26 heavy (non-hydrogen) atoms. The molecule has 0 saturated heterocycles. The van der Waals surface area contributed by atoms with Crippen LogP contribution in [0.4, 0.5) is 0 Å². The highest BCUT2D eigenvalue weighted by molar-refractivity contribution is 5.84. The van der Waals surface area contributed by atoms with E-state index in [2.05, 4.69) is 29.6 Å². The van der Waals surface area contributed by atoms with Gasteiger partial charge in [-0.15, -0.1) is 0 Å². The van der Waals surface area contributed by atoms with Crippen LogP contribution in [0.15, 0.2) is 66.7 Å². The van der Waals surface area contributed by atoms with Crippen LogP contribution >= 0.6 is 0 Å². The Bertz CT molecular complexity index is 953. The molecule has 4 heteroatoms. The first-order valence-electron chi connectivity index (χ1n) is 8.83. The molecular formula is C22H21NO3. The molecule has 4 rings (SSSR count). The number of para-hydroxylation sites is 2. The number of carbonyl (C=O) groups excluding carboxylic acids is 1. The number of amides is 1. The molecule has 0 radical (unpaired) electrons. The Morgan fingerprint density at radius 1 is 0.923 bits per heavy atom. The fourth-order valence-electron chi connectivity index (χ4n) is 3.26. The lowest BCUT2D eigenvalue weighted by Gasteiger charge is -2.31. The van der Waals surface area contributed by atoms with Gasteiger partial charge in [-0.1, -0.05) is 48.5 Å². The summed E-state index contributed by atoms with van der Waals surface area (Å²) in [5.41, 5.74) is 1.06. The van der Waals surface area contributed by atoms with Crippen molar-refractivity contribution in [1.29, 1.82) is 0 Å². The maximum absolute atomic E-state index is 12.7. The van der Waals surface area contributed by atoms with Gasteiger partial charge in [0.1, 0.15) is 6.10 Å². The van der Waals surface area contributed by atoms with Gasteiger partial charge in [-0.25, -0.2) is 0 Å². The van der Waals surface area contributed by atoms with E-state index in [1.54, 1.807) is 0 Å². The van der Waals surface area contributed by atoms with Crippen LogP contribution in [0, 0.1) is 0 Å². The van der Waals surface area contributed by atoms with Crippen molar-refractivity contribution in [1.82, 2.24) is 5.32 Å². The number of hydrogen-bond acceptors (Lipinski definition) is 3. The van der Waals surface area contributed by atoms with Crippen molar-refractivity contribution in [3.05, 3.63) is 72.3 Å². The Morgan fingerprint density at radius 2 is 1.58 bits per heavy atom. The molecule has 0 fully saturated rings. The number of rotatable bonds is 3. The average Bonchev–Trinajstić information content (AvgIpc) is 2.66. The van der Waals surface area contributed by atoms with Crippen LogP contribution in [0.5, 0.6) is 11.5 Å². The molecule has 1 N–H and O–H groups in total. The fourth-order valence-corrected chi connectivity index (χ4v) is 3.26. The molecule has 132 valence electrons. The highest BCUT2D eigenvalue weighted by Gasteiger charge is 2.34. The summed E-state index contributed by atoms with van der Waals surface area (Å²) < 4.78 is 11.7. The SMILES string of the molecule is CC(NC(=O)C1Oc2ccccc2OC1C)c1ccc2ccccc2c1. The molecule has 1 aliphatic rings. The number of hydrogen-bond donors (Lipinski definition) is 1. The zero-order chi connectivity index (χ0) is 18.1. The van der Waals surface area contributed by atoms with E-state index in [4.69, 9.17) is 9.47 Å². The van der Waals surface area contributed by atoms with Gasteiger partial charge in [-0.05, 0) is 48.4 Å². The quantitative estimate of drug-likeness (QED) is 0.771. The van der Waals surface area contributed by atoms with E-state index in [0.717, 1.165) is 10.9 Å². The highest BCUT2D eigenvalue weighted by atomic mass is 16.6. The Hall–Kier alpha value is -3.01. The first kappa shape index (κ1) is 16.5. The monoisotopic (exact) mass is 347 g/mol. The molecule has 3 unspecified atom stereocenters. The molecule has 0 aliphatic carbocycles. The van der Waals surface area contributed by atoms with Crippen molar-refractivity contribution in [2.75, 3.05) is 0 Å². The largest absolute Gasteiger partial charge is 0.482 e. The van der Waals surface area contributed by atoms with Crippen molar-refractivity contribution in [3.8, 4) is 11.5 Å². The lowest BCUT2D eigenvalue weighted by molar-refractivity contribution is -0.134. The van der Waals surface area contributed by atoms with Crippen LogP contribution in [0.25, 0.3) is 10.8 Å². The summed E-state index contributed by atoms with van der Waals surface area (Å²) in [6.07, 6.45) is -1.03. The van der Waals surface area contributed by atoms with Gasteiger partial charge in [-0.2, -0.15) is 0 Å². The van der Waals surface area contributed by atoms with Gasteiger partial charge < -0.3 is 14.8 Å². The Morgan fingerprint density at radius 3 is 2.35 bits per heavy atom. The van der Waals surface area contributed by atoms with E-state index >= 15 is 0 Å². The second kappa shape index (κ2) is 6.71. The minimum Gasteiger partial charge on any atom is -0.482 e. The zero-order valence-electron chi connectivity index (χ0n) is 14.8. The summed E-state index contributed by atoms with van der Waals surface area (Å²) >= 11 is 0. The molecule has 3 aromatic rings. The second-order valence-corrected chi connectivity index (χ2v) is 6.65. The summed E-state index contributed by atoms with van der Waals surface area (Å²) in [6, 6.07) is 21.7. The summed E-state index contributed by atoms with van der Waals surface area (Å²) in [5.74, 6) is 1.10. The topological polar surface area (TPSA) is 47.6 Å². The summed E-state index contributed by atoms with van der Waals surface area (Å²) in [6.45, 7) is 3.82. The van der Waals surface area contributed by atoms with E-state index in [9.17, 15) is 4.79 Å². The van der Waals surface area contributed by atoms with E-state index in [0.29, 0.717) is 11.5 Å². The molecule has 1 aliphatic heterocycles. The zero-order valence-corrected chi connectivity index (χ0v) is 14.8. The minimum absolute atomic E-state index is 0.125. The van der Waals surface area contributed by atoms with Crippen molar-refractivity contribution in [3.63, 3.8) is 0 Å². The Balaban J connectivity index is 1.50. The average molecular weight is 347 g/mol. The lowest BCUT2D eigenvalue weighted by atomic mass is 10.0. The van der Waals surface area contributed by atoms with Crippen LogP contribution in [0.1, 0.15) is 25.5 Å². The standard InChI is InChI=1S/C22H21NO3/c1-14(17-12-11-16-7-3-4-8-18(16)13-17)23-22(24)21-15(2)25-19-9-5-6-10-20(19)26-21/h3-15,21H,1-2H3,(H,23,24). The van der Waals surface area contributed by atoms with Gasteiger partial charge in [-0.3, -0.25) is 4.79 Å². The minimum atomic E-state index is -0.673. The Kier molecular flexibility index (Phi) is 4.25. The van der Waals surface area contributed by atoms with Crippen LogP contribution in [-0.4, -0.2) is 18.1 Å². The first-order valence-corrected chi connectivity index (χ1v) is 8.83. The molecule has 0 spiro atoms. The van der Waals surface area contributed by atoms with E-state index in [-0.39, 0.29) is 18.1 Å². The van der Waals surface area contributed by atoms with Crippen LogP contribution < -0.4 is 14.8 Å². The Labute approximate surface area is 152 Å². The molecule has 4 nitrogen and oxygen atoms in total. The highest BCUT2D eigenvalue weighted by Crippen LogP contribution is 2.33. The molecule has 3 atom stereocenters. The van der Waals surface area contributed by atoms with Gasteiger partial charge in [0.05, 0.1) is 6.04 Å². The molecule has 0 bridgehead atoms. The van der Waals surface area contributed by atoms with Crippen LogP contribution in [-0.2, 0) is 4.79 Å². The van der Waals surface area contributed by atoms with Crippen molar-refractivity contribution in [2.45, 2.75) is 32.1 Å². The molecule has 0 aromatic heterocycles. The van der Waals surface area contributed by atoms with Gasteiger partial charge in [0, 0.05) is 0 Å². The predicted molar refractivity (Wildman–Crippen MR) is 101 cm³/mol. The van der Waals surface area contributed by atoms with Crippen LogP contribution in [0.3, 0.4) is 0 Å². The van der Waals surface area contributed by atoms with Gasteiger partial charge >= 0.3 is 0 Å². The third kappa shape index (κ3) is 3.10. The number of nitrogens with one attached hydrogen (secondary N) is 1. The number of carbonyl (C=O) groups is 1. The normalized spacial score (nSPS) is 19.8. The van der Waals surface area contributed by atoms with Crippen LogP contribution in [0.2, 0.25) is 0 Å². The maximum atomic E-state index is 12.7. The molecule has 1 amide bonds. The molecular weight excluding hydrogens is 326 g/mol. The number of ether oxygens (including phenoxy) is 2. The number of fused-ring (bicyclic) bond motifs is 2. The van der Waals surface area contributed by atoms with Crippen molar-refractivity contribution < 1.29 is 14.3 Å². The summed E-state index contributed by atoms with van der Waals surface area (Å²) in [4.78, 5) is 12.7. The molecule has 0 saturated carbocycles. The predicted octanol–water partition coefficient (Wildman–Crippen LogP) is 4.25. The third-order valence-corrected chi connectivity index (χ3v) is 4.73. The number of benzene rings is 3. The van der Waals surface area contributed by atoms with Gasteiger partial charge in [0.2, 0.25) is 6.10 Å². The van der Waals surface area contributed by atoms with E-state index < -0.39 is 6.10 Å². The second-order valence-electron chi connectivity index (χ2n) is 6.65.